The first kappa shape index (κ1) is 23.1. The van der Waals surface area contributed by atoms with Gasteiger partial charge in [-0.1, -0.05) is 19.4 Å². The fraction of sp³-hybridized carbons (Fsp3) is 0.364. The number of nitrogens with two attached hydrogens (primary N) is 1. The van der Waals surface area contributed by atoms with Crippen molar-refractivity contribution in [3.63, 3.8) is 0 Å². The summed E-state index contributed by atoms with van der Waals surface area (Å²) in [6.45, 7) is 5.64. The molecule has 0 saturated carbocycles. The number of hydrogen-bond donors (Lipinski definition) is 2. The molecule has 1 atom stereocenters. The lowest BCUT2D eigenvalue weighted by Crippen LogP contribution is -2.47. The van der Waals surface area contributed by atoms with Gasteiger partial charge in [0, 0.05) is 22.8 Å². The summed E-state index contributed by atoms with van der Waals surface area (Å²) in [6, 6.07) is 5.27. The van der Waals surface area contributed by atoms with E-state index in [1.54, 1.807) is 23.6 Å². The molecule has 1 amide bonds. The summed E-state index contributed by atoms with van der Waals surface area (Å²) in [5.41, 5.74) is 6.72. The number of nitrogens with zero attached hydrogens (tertiary/aromatic N) is 2. The molecule has 2 aromatic heterocycles. The Bertz CT molecular complexity index is 1090. The lowest BCUT2D eigenvalue weighted by atomic mass is 9.98. The van der Waals surface area contributed by atoms with Crippen molar-refractivity contribution < 1.29 is 18.3 Å². The lowest BCUT2D eigenvalue weighted by molar-refractivity contribution is 0.0937. The van der Waals surface area contributed by atoms with Crippen molar-refractivity contribution in [3.05, 3.63) is 63.5 Å². The number of fused-ring (bicyclic) bond motifs is 1. The van der Waals surface area contributed by atoms with Crippen molar-refractivity contribution in [3.8, 4) is 5.75 Å². The number of halogens is 3. The van der Waals surface area contributed by atoms with Crippen LogP contribution < -0.4 is 15.8 Å². The highest BCUT2D eigenvalue weighted by Crippen LogP contribution is 2.28. The van der Waals surface area contributed by atoms with Gasteiger partial charge in [-0.15, -0.1) is 0 Å². The molecule has 3 N–H and O–H groups in total. The van der Waals surface area contributed by atoms with Crippen LogP contribution in [-0.2, 0) is 6.61 Å². The predicted molar refractivity (Wildman–Crippen MR) is 118 cm³/mol. The molecule has 166 valence electrons. The summed E-state index contributed by atoms with van der Waals surface area (Å²) in [5.74, 6) is -1.42. The summed E-state index contributed by atoms with van der Waals surface area (Å²) in [4.78, 5) is 17.4. The largest absolute Gasteiger partial charge is 0.485 e. The number of aromatic nitrogens is 2. The van der Waals surface area contributed by atoms with Gasteiger partial charge >= 0.3 is 0 Å². The van der Waals surface area contributed by atoms with Gasteiger partial charge < -0.3 is 15.8 Å². The number of pyridine rings is 1. The van der Waals surface area contributed by atoms with E-state index in [0.717, 1.165) is 12.8 Å². The van der Waals surface area contributed by atoms with Crippen LogP contribution in [0.1, 0.15) is 48.4 Å². The monoisotopic (exact) mass is 494 g/mol. The zero-order chi connectivity index (χ0) is 22.8. The maximum absolute atomic E-state index is 13.9. The number of carbonyl (C=O) groups is 1. The molecule has 0 saturated heterocycles. The van der Waals surface area contributed by atoms with Gasteiger partial charge in [-0.3, -0.25) is 9.20 Å². The first-order valence-corrected chi connectivity index (χ1v) is 10.7. The normalized spacial score (nSPS) is 13.3. The van der Waals surface area contributed by atoms with E-state index in [4.69, 9.17) is 10.5 Å². The van der Waals surface area contributed by atoms with E-state index >= 15 is 0 Å². The van der Waals surface area contributed by atoms with Gasteiger partial charge in [0.15, 0.2) is 11.4 Å². The minimum Gasteiger partial charge on any atom is -0.485 e. The third-order valence-electron chi connectivity index (χ3n) is 4.95. The Balaban J connectivity index is 1.90. The quantitative estimate of drug-likeness (QED) is 0.482. The van der Waals surface area contributed by atoms with Gasteiger partial charge in [0.05, 0.1) is 11.3 Å². The van der Waals surface area contributed by atoms with Gasteiger partial charge in [0.25, 0.3) is 5.91 Å². The molecule has 0 spiro atoms. The molecule has 3 rings (SSSR count). The number of carbonyl (C=O) groups excluding carboxylic acids is 1. The summed E-state index contributed by atoms with van der Waals surface area (Å²) < 4.78 is 35.8. The van der Waals surface area contributed by atoms with Crippen molar-refractivity contribution in [2.45, 2.75) is 45.8 Å². The van der Waals surface area contributed by atoms with E-state index in [2.05, 4.69) is 26.2 Å². The van der Waals surface area contributed by atoms with Gasteiger partial charge in [-0.05, 0) is 54.4 Å². The molecule has 0 radical (unpaired) electrons. The Labute approximate surface area is 187 Å². The number of ether oxygens (including phenoxy) is 1. The molecule has 0 aliphatic heterocycles. The SMILES string of the molecule is CCCC(C)(N)CNC(=O)c1c(C)nc2c(OCc3c(F)cccc3F)cc(Br)cn12. The van der Waals surface area contributed by atoms with Crippen LogP contribution in [0.15, 0.2) is 34.9 Å². The van der Waals surface area contributed by atoms with Crippen LogP contribution in [-0.4, -0.2) is 27.4 Å². The molecule has 3 aromatic rings. The highest BCUT2D eigenvalue weighted by molar-refractivity contribution is 9.10. The second-order valence-corrected chi connectivity index (χ2v) is 8.75. The molecule has 0 aliphatic rings. The van der Waals surface area contributed by atoms with E-state index < -0.39 is 17.2 Å². The number of hydrogen-bond acceptors (Lipinski definition) is 4. The average molecular weight is 495 g/mol. The van der Waals surface area contributed by atoms with Crippen LogP contribution in [0.4, 0.5) is 8.78 Å². The summed E-state index contributed by atoms with van der Waals surface area (Å²) >= 11 is 3.39. The molecule has 0 aliphatic carbocycles. The minimum atomic E-state index is -0.692. The molecule has 0 bridgehead atoms. The van der Waals surface area contributed by atoms with Crippen molar-refractivity contribution in [2.75, 3.05) is 6.54 Å². The third-order valence-corrected chi connectivity index (χ3v) is 5.38. The molecule has 1 unspecified atom stereocenters. The fourth-order valence-electron chi connectivity index (χ4n) is 3.42. The molecule has 1 aromatic carbocycles. The van der Waals surface area contributed by atoms with Crippen molar-refractivity contribution in [2.24, 2.45) is 5.73 Å². The number of aryl methyl sites for hydroxylation is 1. The van der Waals surface area contributed by atoms with Gasteiger partial charge in [-0.2, -0.15) is 0 Å². The van der Waals surface area contributed by atoms with Gasteiger partial charge in [0.2, 0.25) is 0 Å². The van der Waals surface area contributed by atoms with E-state index in [1.165, 1.54) is 18.2 Å². The summed E-state index contributed by atoms with van der Waals surface area (Å²) in [6.07, 6.45) is 3.37. The molecular formula is C22H25BrF2N4O2. The first-order chi connectivity index (χ1) is 14.6. The van der Waals surface area contributed by atoms with E-state index in [9.17, 15) is 13.6 Å². The van der Waals surface area contributed by atoms with E-state index in [0.29, 0.717) is 28.1 Å². The molecule has 9 heteroatoms. The topological polar surface area (TPSA) is 81.6 Å². The summed E-state index contributed by atoms with van der Waals surface area (Å²) in [7, 11) is 0. The standard InChI is InChI=1S/C22H25BrF2N4O2/c1-4-8-22(3,26)12-27-21(30)19-13(2)28-20-18(9-14(23)10-29(19)20)31-11-15-16(24)6-5-7-17(15)25/h5-7,9-10H,4,8,11-12,26H2,1-3H3,(H,27,30). The summed E-state index contributed by atoms with van der Waals surface area (Å²) in [5, 5.41) is 2.87. The van der Waals surface area contributed by atoms with Crippen molar-refractivity contribution in [1.29, 1.82) is 0 Å². The smallest absolute Gasteiger partial charge is 0.270 e. The van der Waals surface area contributed by atoms with Crippen LogP contribution >= 0.6 is 15.9 Å². The van der Waals surface area contributed by atoms with Crippen LogP contribution in [0.2, 0.25) is 0 Å². The van der Waals surface area contributed by atoms with Crippen LogP contribution in [0.3, 0.4) is 0 Å². The minimum absolute atomic E-state index is 0.181. The predicted octanol–water partition coefficient (Wildman–Crippen LogP) is 4.51. The second-order valence-electron chi connectivity index (χ2n) is 7.84. The Morgan fingerprint density at radius 3 is 2.68 bits per heavy atom. The number of nitrogens with one attached hydrogen (secondary N) is 1. The Kier molecular flexibility index (Phi) is 6.96. The lowest BCUT2D eigenvalue weighted by Gasteiger charge is -2.24. The number of imidazole rings is 1. The van der Waals surface area contributed by atoms with Crippen LogP contribution in [0.25, 0.3) is 5.65 Å². The van der Waals surface area contributed by atoms with Gasteiger partial charge in [0.1, 0.15) is 23.9 Å². The van der Waals surface area contributed by atoms with Crippen LogP contribution in [0, 0.1) is 18.6 Å². The maximum Gasteiger partial charge on any atom is 0.270 e. The fourth-order valence-corrected chi connectivity index (χ4v) is 3.83. The highest BCUT2D eigenvalue weighted by Gasteiger charge is 2.23. The zero-order valence-electron chi connectivity index (χ0n) is 17.6. The van der Waals surface area contributed by atoms with E-state index in [-0.39, 0.29) is 23.8 Å². The highest BCUT2D eigenvalue weighted by atomic mass is 79.9. The Morgan fingerprint density at radius 1 is 1.35 bits per heavy atom. The average Bonchev–Trinajstić information content (AvgIpc) is 3.01. The van der Waals surface area contributed by atoms with Crippen LogP contribution in [0.5, 0.6) is 5.75 Å². The zero-order valence-corrected chi connectivity index (χ0v) is 19.2. The molecule has 0 fully saturated rings. The third kappa shape index (κ3) is 5.22. The maximum atomic E-state index is 13.9. The Morgan fingerprint density at radius 2 is 2.03 bits per heavy atom. The van der Waals surface area contributed by atoms with E-state index in [1.807, 2.05) is 13.8 Å². The molecular weight excluding hydrogens is 470 g/mol. The molecule has 2 heterocycles. The molecule has 6 nitrogen and oxygen atoms in total. The Hall–Kier alpha value is -2.52. The van der Waals surface area contributed by atoms with Crippen molar-refractivity contribution >= 4 is 27.5 Å². The van der Waals surface area contributed by atoms with Crippen molar-refractivity contribution in [1.82, 2.24) is 14.7 Å². The number of rotatable bonds is 8. The second kappa shape index (κ2) is 9.32. The number of benzene rings is 1. The first-order valence-electron chi connectivity index (χ1n) is 9.94. The van der Waals surface area contributed by atoms with Gasteiger partial charge in [-0.25, -0.2) is 13.8 Å². The molecule has 31 heavy (non-hydrogen) atoms. The number of amides is 1.